The van der Waals surface area contributed by atoms with Gasteiger partial charge in [-0.15, -0.1) is 21.5 Å². The van der Waals surface area contributed by atoms with Crippen LogP contribution in [0, 0.1) is 11.3 Å². The Morgan fingerprint density at radius 2 is 1.48 bits per heavy atom. The van der Waals surface area contributed by atoms with Gasteiger partial charge in [-0.05, 0) is 17.7 Å². The second-order valence-corrected chi connectivity index (χ2v) is 12.0. The van der Waals surface area contributed by atoms with E-state index in [2.05, 4.69) is 64.4 Å². The number of aromatic nitrogens is 2. The molecule has 0 saturated carbocycles. The first-order valence-corrected chi connectivity index (χ1v) is 15.4. The average molecular weight is 559 g/mol. The fraction of sp³-hybridized carbons (Fsp3) is 0.188. The molecule has 0 radical (unpaired) electrons. The minimum absolute atomic E-state index is 0.174. The first-order chi connectivity index (χ1) is 19.8. The molecular weight excluding hydrogens is 533 g/mol. The summed E-state index contributed by atoms with van der Waals surface area (Å²) in [7, 11) is 0. The summed E-state index contributed by atoms with van der Waals surface area (Å²) in [6.07, 6.45) is 0.343. The van der Waals surface area contributed by atoms with Crippen LogP contribution in [0.2, 0.25) is 0 Å². The molecule has 0 amide bonds. The summed E-state index contributed by atoms with van der Waals surface area (Å²) in [5, 5.41) is 20.6. The van der Waals surface area contributed by atoms with Crippen molar-refractivity contribution in [3.63, 3.8) is 0 Å². The van der Waals surface area contributed by atoms with Crippen LogP contribution in [0.1, 0.15) is 17.3 Å². The Morgan fingerprint density at radius 1 is 0.825 bits per heavy atom. The van der Waals surface area contributed by atoms with Crippen LogP contribution in [0.3, 0.4) is 0 Å². The minimum atomic E-state index is -0.174. The zero-order valence-corrected chi connectivity index (χ0v) is 23.4. The normalized spacial score (nSPS) is 16.9. The summed E-state index contributed by atoms with van der Waals surface area (Å²) in [5.74, 6) is 3.03. The van der Waals surface area contributed by atoms with Crippen LogP contribution in [-0.2, 0) is 0 Å². The monoisotopic (exact) mass is 558 g/mol. The number of aliphatic imine (C=N–C) groups is 1. The van der Waals surface area contributed by atoms with Gasteiger partial charge in [-0.2, -0.15) is 17.0 Å². The van der Waals surface area contributed by atoms with Crippen LogP contribution in [0.5, 0.6) is 0 Å². The van der Waals surface area contributed by atoms with Crippen LogP contribution in [-0.4, -0.2) is 45.7 Å². The molecule has 196 valence electrons. The molecule has 3 aromatic carbocycles. The van der Waals surface area contributed by atoms with Gasteiger partial charge in [-0.3, -0.25) is 0 Å². The number of fused-ring (bicyclic) bond motifs is 3. The van der Waals surface area contributed by atoms with Crippen molar-refractivity contribution in [1.82, 2.24) is 15.1 Å². The highest BCUT2D eigenvalue weighted by Crippen LogP contribution is 2.52. The summed E-state index contributed by atoms with van der Waals surface area (Å²) < 4.78 is 0. The van der Waals surface area contributed by atoms with E-state index < -0.39 is 0 Å². The topological polar surface area (TPSA) is 68.4 Å². The number of rotatable bonds is 4. The van der Waals surface area contributed by atoms with E-state index in [1.54, 1.807) is 11.3 Å². The molecule has 2 aliphatic rings. The third-order valence-corrected chi connectivity index (χ3v) is 9.49. The molecule has 0 aliphatic carbocycles. The van der Waals surface area contributed by atoms with Crippen molar-refractivity contribution in [2.75, 3.05) is 29.5 Å². The van der Waals surface area contributed by atoms with Crippen molar-refractivity contribution in [2.45, 2.75) is 12.5 Å². The van der Waals surface area contributed by atoms with E-state index in [0.717, 1.165) is 79.4 Å². The highest BCUT2D eigenvalue weighted by molar-refractivity contribution is 7.99. The summed E-state index contributed by atoms with van der Waals surface area (Å²) in [6, 6.07) is 33.3. The van der Waals surface area contributed by atoms with E-state index >= 15 is 0 Å². The smallest absolute Gasteiger partial charge is 0.207 e. The molecule has 1 fully saturated rings. The Kier molecular flexibility index (Phi) is 6.68. The predicted octanol–water partition coefficient (Wildman–Crippen LogP) is 7.54. The van der Waals surface area contributed by atoms with Crippen molar-refractivity contribution in [3.8, 4) is 28.5 Å². The van der Waals surface area contributed by atoms with Crippen LogP contribution in [0.15, 0.2) is 96.0 Å². The SMILES string of the molecule is N#CCC1c2sc3nnc(-c4ccccc4)c(-c4ccccc4)c3c2N=C(N2CCSCC2)N1c1ccccc1. The van der Waals surface area contributed by atoms with E-state index in [1.807, 2.05) is 54.2 Å². The molecular formula is C32H26N6S2. The second kappa shape index (κ2) is 10.8. The standard InChI is InChI=1S/C32H26N6S2/c33-17-16-25-30-29(34-32(37-18-20-39-21-19-37)38(25)24-14-8-3-9-15-24)27-26(22-10-4-1-5-11-22)28(35-36-31(27)40-30)23-12-6-2-7-13-23/h1-15,25H,16,18-21H2. The van der Waals surface area contributed by atoms with Crippen molar-refractivity contribution < 1.29 is 0 Å². The van der Waals surface area contributed by atoms with Gasteiger partial charge in [0.05, 0.1) is 29.1 Å². The molecule has 40 heavy (non-hydrogen) atoms. The van der Waals surface area contributed by atoms with Gasteiger partial charge in [0.15, 0.2) is 0 Å². The maximum absolute atomic E-state index is 10.0. The molecule has 2 aliphatic heterocycles. The lowest BCUT2D eigenvalue weighted by Crippen LogP contribution is -2.50. The highest BCUT2D eigenvalue weighted by Gasteiger charge is 2.38. The Labute approximate surface area is 241 Å². The van der Waals surface area contributed by atoms with Gasteiger partial charge in [0.2, 0.25) is 5.96 Å². The van der Waals surface area contributed by atoms with Crippen LogP contribution < -0.4 is 4.90 Å². The lowest BCUT2D eigenvalue weighted by Gasteiger charge is -2.42. The van der Waals surface area contributed by atoms with Crippen LogP contribution in [0.4, 0.5) is 11.4 Å². The molecule has 1 saturated heterocycles. The molecule has 0 spiro atoms. The van der Waals surface area contributed by atoms with Crippen LogP contribution in [0.25, 0.3) is 32.6 Å². The summed E-state index contributed by atoms with van der Waals surface area (Å²) in [6.45, 7) is 1.84. The number of para-hydroxylation sites is 1. The lowest BCUT2D eigenvalue weighted by atomic mass is 9.95. The molecule has 0 bridgehead atoms. The quantitative estimate of drug-likeness (QED) is 0.227. The zero-order valence-electron chi connectivity index (χ0n) is 21.8. The van der Waals surface area contributed by atoms with Gasteiger partial charge in [-0.1, -0.05) is 78.9 Å². The van der Waals surface area contributed by atoms with Crippen molar-refractivity contribution >= 4 is 50.6 Å². The molecule has 2 aromatic heterocycles. The average Bonchev–Trinajstić information content (AvgIpc) is 3.41. The van der Waals surface area contributed by atoms with Gasteiger partial charge in [0.1, 0.15) is 10.5 Å². The maximum Gasteiger partial charge on any atom is 0.207 e. The molecule has 8 heteroatoms. The number of guanidine groups is 1. The Morgan fingerprint density at radius 3 is 2.15 bits per heavy atom. The Balaban J connectivity index is 1.54. The van der Waals surface area contributed by atoms with E-state index in [-0.39, 0.29) is 6.04 Å². The summed E-state index contributed by atoms with van der Waals surface area (Å²) in [5.41, 5.74) is 5.94. The number of thiophene rings is 1. The number of hydrogen-bond donors (Lipinski definition) is 0. The van der Waals surface area contributed by atoms with Crippen LogP contribution >= 0.6 is 23.1 Å². The molecule has 7 rings (SSSR count). The number of nitrogens with zero attached hydrogens (tertiary/aromatic N) is 6. The Hall–Kier alpha value is -4.19. The van der Waals surface area contributed by atoms with Crippen molar-refractivity contribution in [2.24, 2.45) is 4.99 Å². The fourth-order valence-electron chi connectivity index (χ4n) is 5.56. The van der Waals surface area contributed by atoms with E-state index in [0.29, 0.717) is 6.42 Å². The molecule has 6 nitrogen and oxygen atoms in total. The molecule has 0 N–H and O–H groups in total. The van der Waals surface area contributed by atoms with E-state index in [1.165, 1.54) is 0 Å². The third-order valence-electron chi connectivity index (χ3n) is 7.38. The lowest BCUT2D eigenvalue weighted by molar-refractivity contribution is 0.445. The number of hydrogen-bond acceptors (Lipinski definition) is 8. The number of thioether (sulfide) groups is 1. The summed E-state index contributed by atoms with van der Waals surface area (Å²) in [4.78, 5) is 12.0. The van der Waals surface area contributed by atoms with Gasteiger partial charge in [-0.25, -0.2) is 4.99 Å². The van der Waals surface area contributed by atoms with Gasteiger partial charge in [0, 0.05) is 46.8 Å². The number of nitriles is 1. The molecule has 1 atom stereocenters. The maximum atomic E-state index is 10.0. The molecule has 1 unspecified atom stereocenters. The first kappa shape index (κ1) is 24.8. The van der Waals surface area contributed by atoms with Crippen molar-refractivity contribution in [3.05, 3.63) is 95.9 Å². The van der Waals surface area contributed by atoms with E-state index in [9.17, 15) is 5.26 Å². The largest absolute Gasteiger partial charge is 0.341 e. The molecule has 4 heterocycles. The van der Waals surface area contributed by atoms with Crippen molar-refractivity contribution in [1.29, 1.82) is 5.26 Å². The summed E-state index contributed by atoms with van der Waals surface area (Å²) >= 11 is 3.59. The van der Waals surface area contributed by atoms with Gasteiger partial charge >= 0.3 is 0 Å². The number of benzene rings is 3. The predicted molar refractivity (Wildman–Crippen MR) is 166 cm³/mol. The molecule has 5 aromatic rings. The minimum Gasteiger partial charge on any atom is -0.341 e. The fourth-order valence-corrected chi connectivity index (χ4v) is 7.62. The third kappa shape index (κ3) is 4.32. The number of anilines is 1. The van der Waals surface area contributed by atoms with Gasteiger partial charge < -0.3 is 9.80 Å². The zero-order chi connectivity index (χ0) is 26.9. The highest BCUT2D eigenvalue weighted by atomic mass is 32.2. The first-order valence-electron chi connectivity index (χ1n) is 13.4. The second-order valence-electron chi connectivity index (χ2n) is 9.75. The van der Waals surface area contributed by atoms with Gasteiger partial charge in [0.25, 0.3) is 0 Å². The van der Waals surface area contributed by atoms with E-state index in [4.69, 9.17) is 15.2 Å². The Bertz CT molecular complexity index is 1720.